The van der Waals surface area contributed by atoms with Crippen LogP contribution in [-0.4, -0.2) is 35.3 Å². The van der Waals surface area contributed by atoms with E-state index in [4.69, 9.17) is 17.3 Å². The summed E-state index contributed by atoms with van der Waals surface area (Å²) in [6.07, 6.45) is 3.39. The fraction of sp³-hybridized carbons (Fsp3) is 0.188. The number of H-pyrrole nitrogens is 1. The number of nitrogens with zero attached hydrogens (tertiary/aromatic N) is 2. The van der Waals surface area contributed by atoms with Crippen molar-refractivity contribution in [2.45, 2.75) is 17.4 Å². The Kier molecular flexibility index (Phi) is 3.94. The topological polar surface area (TPSA) is 131 Å². The Morgan fingerprint density at radius 1 is 1.38 bits per heavy atom. The molecule has 0 unspecified atom stereocenters. The Labute approximate surface area is 153 Å². The van der Waals surface area contributed by atoms with Crippen molar-refractivity contribution < 1.29 is 13.2 Å². The van der Waals surface area contributed by atoms with Crippen LogP contribution in [-0.2, 0) is 9.84 Å². The lowest BCUT2D eigenvalue weighted by Crippen LogP contribution is -2.26. The average Bonchev–Trinajstić information content (AvgIpc) is 3.08. The van der Waals surface area contributed by atoms with Crippen LogP contribution in [0.5, 0.6) is 0 Å². The molecule has 4 rings (SSSR count). The molecule has 1 atom stereocenters. The minimum absolute atomic E-state index is 0.0517. The number of aromatic nitrogens is 3. The molecule has 2 aromatic heterocycles. The molecule has 1 amide bonds. The predicted molar refractivity (Wildman–Crippen MR) is 96.9 cm³/mol. The number of benzene rings is 1. The summed E-state index contributed by atoms with van der Waals surface area (Å²) in [4.78, 5) is 16.9. The number of nitrogens with two attached hydrogens (primary N) is 1. The number of carbonyl (C=O) groups is 1. The number of pyridine rings is 1. The van der Waals surface area contributed by atoms with Gasteiger partial charge in [-0.05, 0) is 30.2 Å². The van der Waals surface area contributed by atoms with Crippen molar-refractivity contribution in [3.63, 3.8) is 0 Å². The molecule has 0 aliphatic carbocycles. The third-order valence-electron chi connectivity index (χ3n) is 4.38. The van der Waals surface area contributed by atoms with Crippen molar-refractivity contribution in [2.24, 2.45) is 5.73 Å². The number of fused-ring (bicyclic) bond motifs is 2. The first kappa shape index (κ1) is 17.0. The van der Waals surface area contributed by atoms with Gasteiger partial charge < -0.3 is 11.1 Å². The quantitative estimate of drug-likeness (QED) is 0.612. The van der Waals surface area contributed by atoms with Gasteiger partial charge in [-0.1, -0.05) is 11.6 Å². The van der Waals surface area contributed by atoms with Crippen LogP contribution in [0.1, 0.15) is 28.4 Å². The third-order valence-corrected chi connectivity index (χ3v) is 6.49. The van der Waals surface area contributed by atoms with E-state index in [2.05, 4.69) is 20.5 Å². The average molecular weight is 392 g/mol. The fourth-order valence-corrected chi connectivity index (χ4v) is 4.91. The highest BCUT2D eigenvalue weighted by Crippen LogP contribution is 2.35. The molecule has 0 radical (unpaired) electrons. The van der Waals surface area contributed by atoms with Crippen LogP contribution in [0, 0.1) is 0 Å². The zero-order valence-electron chi connectivity index (χ0n) is 13.4. The lowest BCUT2D eigenvalue weighted by molar-refractivity contribution is 0.102. The number of hydrogen-bond donors (Lipinski definition) is 3. The minimum Gasteiger partial charge on any atom is -0.324 e. The summed E-state index contributed by atoms with van der Waals surface area (Å²) in [5, 5.41) is 10.1. The molecule has 1 aromatic carbocycles. The molecule has 3 aromatic rings. The second kappa shape index (κ2) is 6.04. The monoisotopic (exact) mass is 391 g/mol. The fourth-order valence-electron chi connectivity index (χ4n) is 3.00. The first-order valence-corrected chi connectivity index (χ1v) is 9.81. The van der Waals surface area contributed by atoms with Crippen molar-refractivity contribution in [1.29, 1.82) is 0 Å². The van der Waals surface area contributed by atoms with E-state index in [1.165, 1.54) is 24.5 Å². The molecule has 0 spiro atoms. The second-order valence-electron chi connectivity index (χ2n) is 6.03. The number of rotatable bonds is 2. The highest BCUT2D eigenvalue weighted by atomic mass is 35.5. The van der Waals surface area contributed by atoms with Gasteiger partial charge in [0.2, 0.25) is 0 Å². The summed E-state index contributed by atoms with van der Waals surface area (Å²) in [5.41, 5.74) is 7.51. The van der Waals surface area contributed by atoms with Crippen LogP contribution < -0.4 is 11.1 Å². The SMILES string of the molecule is N[C@H]1CCS(=O)(=O)c2cc(C(=O)Nc3ccnc4[nH]ncc34)c(Cl)cc21. The number of nitrogens with one attached hydrogen (secondary N) is 2. The molecule has 8 nitrogen and oxygen atoms in total. The smallest absolute Gasteiger partial charge is 0.257 e. The molecule has 134 valence electrons. The number of carbonyl (C=O) groups excluding carboxylic acids is 1. The van der Waals surface area contributed by atoms with Crippen LogP contribution in [0.2, 0.25) is 5.02 Å². The number of sulfone groups is 1. The Morgan fingerprint density at radius 3 is 3.00 bits per heavy atom. The van der Waals surface area contributed by atoms with E-state index in [1.54, 1.807) is 6.07 Å². The van der Waals surface area contributed by atoms with Crippen molar-refractivity contribution in [1.82, 2.24) is 15.2 Å². The van der Waals surface area contributed by atoms with Crippen LogP contribution in [0.15, 0.2) is 35.5 Å². The van der Waals surface area contributed by atoms with Crippen LogP contribution in [0.4, 0.5) is 5.69 Å². The molecule has 0 bridgehead atoms. The number of aromatic amines is 1. The van der Waals surface area contributed by atoms with Gasteiger partial charge in [0.15, 0.2) is 15.5 Å². The number of hydrogen-bond acceptors (Lipinski definition) is 6. The maximum absolute atomic E-state index is 12.7. The molecular weight excluding hydrogens is 378 g/mol. The summed E-state index contributed by atoms with van der Waals surface area (Å²) in [6, 6.07) is 3.96. The van der Waals surface area contributed by atoms with Crippen molar-refractivity contribution in [3.05, 3.63) is 46.7 Å². The Balaban J connectivity index is 1.76. The highest BCUT2D eigenvalue weighted by Gasteiger charge is 2.30. The van der Waals surface area contributed by atoms with Gasteiger partial charge in [0.1, 0.15) is 0 Å². The first-order chi connectivity index (χ1) is 12.4. The maximum atomic E-state index is 12.7. The molecule has 1 aliphatic heterocycles. The summed E-state index contributed by atoms with van der Waals surface area (Å²) >= 11 is 6.24. The van der Waals surface area contributed by atoms with Gasteiger partial charge in [0, 0.05) is 12.2 Å². The van der Waals surface area contributed by atoms with E-state index < -0.39 is 21.8 Å². The Bertz CT molecular complexity index is 1140. The van der Waals surface area contributed by atoms with E-state index in [9.17, 15) is 13.2 Å². The molecule has 0 fully saturated rings. The van der Waals surface area contributed by atoms with Gasteiger partial charge in [-0.25, -0.2) is 13.4 Å². The van der Waals surface area contributed by atoms with Gasteiger partial charge in [-0.3, -0.25) is 9.89 Å². The molecule has 3 heterocycles. The van der Waals surface area contributed by atoms with Crippen molar-refractivity contribution in [2.75, 3.05) is 11.1 Å². The first-order valence-electron chi connectivity index (χ1n) is 7.78. The number of amides is 1. The second-order valence-corrected chi connectivity index (χ2v) is 8.51. The van der Waals surface area contributed by atoms with Gasteiger partial charge in [-0.15, -0.1) is 0 Å². The molecule has 0 saturated carbocycles. The van der Waals surface area contributed by atoms with Crippen molar-refractivity contribution in [3.8, 4) is 0 Å². The number of anilines is 1. The van der Waals surface area contributed by atoms with E-state index >= 15 is 0 Å². The zero-order chi connectivity index (χ0) is 18.5. The molecular formula is C16H14ClN5O3S. The zero-order valence-corrected chi connectivity index (χ0v) is 14.9. The Morgan fingerprint density at radius 2 is 2.19 bits per heavy atom. The molecule has 26 heavy (non-hydrogen) atoms. The van der Waals surface area contributed by atoms with Crippen LogP contribution in [0.25, 0.3) is 11.0 Å². The van der Waals surface area contributed by atoms with E-state index in [-0.39, 0.29) is 21.2 Å². The third kappa shape index (κ3) is 2.74. The summed E-state index contributed by atoms with van der Waals surface area (Å²) < 4.78 is 24.7. The Hall–Kier alpha value is -2.49. The molecule has 0 saturated heterocycles. The molecule has 10 heteroatoms. The van der Waals surface area contributed by atoms with Gasteiger partial charge in [0.05, 0.1) is 38.5 Å². The summed E-state index contributed by atoms with van der Waals surface area (Å²) in [5.74, 6) is -0.579. The van der Waals surface area contributed by atoms with Crippen LogP contribution in [0.3, 0.4) is 0 Å². The molecule has 1 aliphatic rings. The largest absolute Gasteiger partial charge is 0.324 e. The van der Waals surface area contributed by atoms with Gasteiger partial charge in [-0.2, -0.15) is 5.10 Å². The lowest BCUT2D eigenvalue weighted by Gasteiger charge is -2.23. The van der Waals surface area contributed by atoms with Crippen molar-refractivity contribution >= 4 is 44.1 Å². The van der Waals surface area contributed by atoms with Gasteiger partial charge >= 0.3 is 0 Å². The minimum atomic E-state index is -3.49. The lowest BCUT2D eigenvalue weighted by atomic mass is 10.0. The normalized spacial score (nSPS) is 18.5. The predicted octanol–water partition coefficient (Wildman–Crippen LogP) is 2.04. The van der Waals surface area contributed by atoms with E-state index in [0.29, 0.717) is 28.7 Å². The molecule has 4 N–H and O–H groups in total. The summed E-state index contributed by atoms with van der Waals surface area (Å²) in [7, 11) is -3.49. The van der Waals surface area contributed by atoms with E-state index in [1.807, 2.05) is 0 Å². The van der Waals surface area contributed by atoms with E-state index in [0.717, 1.165) is 0 Å². The standard InChI is InChI=1S/C16H14ClN5O3S/c17-11-5-9-12(18)2-4-26(24,25)14(9)6-8(11)16(23)21-13-1-3-19-15-10(13)7-20-22-15/h1,3,5-7,12H,2,4,18H2,(H2,19,20,21,22,23)/t12-/m0/s1. The van der Waals surface area contributed by atoms with Gasteiger partial charge in [0.25, 0.3) is 5.91 Å². The number of halogens is 1. The highest BCUT2D eigenvalue weighted by molar-refractivity contribution is 7.91. The summed E-state index contributed by atoms with van der Waals surface area (Å²) in [6.45, 7) is 0. The van der Waals surface area contributed by atoms with Crippen LogP contribution >= 0.6 is 11.6 Å². The maximum Gasteiger partial charge on any atom is 0.257 e.